The van der Waals surface area contributed by atoms with Crippen molar-refractivity contribution in [3.63, 3.8) is 0 Å². The average molecular weight is 272 g/mol. The number of hydrogen-bond donors (Lipinski definition) is 2. The van der Waals surface area contributed by atoms with Crippen LogP contribution in [-0.2, 0) is 4.74 Å². The fraction of sp³-hybridized carbons (Fsp3) is 0.200. The van der Waals surface area contributed by atoms with E-state index in [-0.39, 0.29) is 12.6 Å². The number of esters is 1. The third-order valence-electron chi connectivity index (χ3n) is 2.89. The molecule has 1 heterocycles. The van der Waals surface area contributed by atoms with E-state index in [0.717, 1.165) is 5.56 Å². The van der Waals surface area contributed by atoms with Crippen molar-refractivity contribution >= 4 is 11.8 Å². The van der Waals surface area contributed by atoms with Gasteiger partial charge < -0.3 is 15.2 Å². The topological polar surface area (TPSA) is 71.5 Å². The summed E-state index contributed by atoms with van der Waals surface area (Å²) in [5, 5.41) is 12.6. The van der Waals surface area contributed by atoms with E-state index in [4.69, 9.17) is 0 Å². The molecule has 2 N–H and O–H groups in total. The smallest absolute Gasteiger partial charge is 0.338 e. The number of carbonyl (C=O) groups is 1. The average Bonchev–Trinajstić information content (AvgIpc) is 2.53. The summed E-state index contributed by atoms with van der Waals surface area (Å²) in [5.74, 6) is 0.0894. The molecule has 0 amide bonds. The van der Waals surface area contributed by atoms with E-state index in [9.17, 15) is 9.90 Å². The maximum absolute atomic E-state index is 11.5. The van der Waals surface area contributed by atoms with E-state index in [1.54, 1.807) is 12.1 Å². The molecule has 2 rings (SSSR count). The first-order chi connectivity index (χ1) is 9.74. The highest BCUT2D eigenvalue weighted by Crippen LogP contribution is 2.18. The van der Waals surface area contributed by atoms with Crippen molar-refractivity contribution in [2.45, 2.75) is 6.04 Å². The predicted molar refractivity (Wildman–Crippen MR) is 75.5 cm³/mol. The maximum atomic E-state index is 11.5. The van der Waals surface area contributed by atoms with Gasteiger partial charge in [0.15, 0.2) is 0 Å². The van der Waals surface area contributed by atoms with Crippen LogP contribution in [0.2, 0.25) is 0 Å². The molecule has 1 aromatic heterocycles. The maximum Gasteiger partial charge on any atom is 0.338 e. The first kappa shape index (κ1) is 14.0. The van der Waals surface area contributed by atoms with Crippen molar-refractivity contribution in [2.75, 3.05) is 19.0 Å². The highest BCUT2D eigenvalue weighted by molar-refractivity contribution is 5.89. The van der Waals surface area contributed by atoms with Crippen LogP contribution < -0.4 is 5.32 Å². The van der Waals surface area contributed by atoms with Crippen LogP contribution in [0.1, 0.15) is 22.0 Å². The summed E-state index contributed by atoms with van der Waals surface area (Å²) >= 11 is 0. The molecule has 1 unspecified atom stereocenters. The molecule has 0 saturated heterocycles. The second-order valence-corrected chi connectivity index (χ2v) is 4.21. The molecule has 20 heavy (non-hydrogen) atoms. The van der Waals surface area contributed by atoms with Crippen molar-refractivity contribution in [2.24, 2.45) is 0 Å². The monoisotopic (exact) mass is 272 g/mol. The molecule has 0 aliphatic carbocycles. The van der Waals surface area contributed by atoms with Crippen LogP contribution in [-0.4, -0.2) is 29.8 Å². The van der Waals surface area contributed by atoms with E-state index >= 15 is 0 Å². The third kappa shape index (κ3) is 3.33. The molecule has 5 nitrogen and oxygen atoms in total. The van der Waals surface area contributed by atoms with Crippen LogP contribution in [0.3, 0.4) is 0 Å². The number of aromatic nitrogens is 1. The molecule has 0 radical (unpaired) electrons. The number of hydrogen-bond acceptors (Lipinski definition) is 5. The highest BCUT2D eigenvalue weighted by atomic mass is 16.5. The summed E-state index contributed by atoms with van der Waals surface area (Å²) in [4.78, 5) is 15.6. The van der Waals surface area contributed by atoms with Crippen LogP contribution in [0, 0.1) is 0 Å². The summed E-state index contributed by atoms with van der Waals surface area (Å²) in [6, 6.07) is 12.4. The molecule has 0 aliphatic heterocycles. The lowest BCUT2D eigenvalue weighted by atomic mass is 10.1. The Hall–Kier alpha value is -2.40. The zero-order valence-electron chi connectivity index (χ0n) is 11.1. The van der Waals surface area contributed by atoms with Gasteiger partial charge in [-0.3, -0.25) is 0 Å². The molecule has 0 aliphatic rings. The zero-order chi connectivity index (χ0) is 14.4. The highest BCUT2D eigenvalue weighted by Gasteiger charge is 2.12. The number of carbonyl (C=O) groups excluding carboxylic acids is 1. The first-order valence-corrected chi connectivity index (χ1v) is 6.21. The fourth-order valence-corrected chi connectivity index (χ4v) is 1.85. The minimum Gasteiger partial charge on any atom is -0.465 e. The lowest BCUT2D eigenvalue weighted by Crippen LogP contribution is -2.16. The number of ether oxygens (including phenoxy) is 1. The Balaban J connectivity index is 2.18. The number of anilines is 1. The Morgan fingerprint density at radius 1 is 1.35 bits per heavy atom. The van der Waals surface area contributed by atoms with Crippen molar-refractivity contribution in [1.82, 2.24) is 4.98 Å². The lowest BCUT2D eigenvalue weighted by Gasteiger charge is -2.17. The molecule has 0 saturated carbocycles. The second kappa shape index (κ2) is 6.68. The van der Waals surface area contributed by atoms with Crippen LogP contribution in [0.4, 0.5) is 5.82 Å². The summed E-state index contributed by atoms with van der Waals surface area (Å²) < 4.78 is 4.66. The van der Waals surface area contributed by atoms with E-state index < -0.39 is 5.97 Å². The van der Waals surface area contributed by atoms with E-state index in [2.05, 4.69) is 15.0 Å². The summed E-state index contributed by atoms with van der Waals surface area (Å²) in [5.41, 5.74) is 1.36. The van der Waals surface area contributed by atoms with Crippen LogP contribution >= 0.6 is 0 Å². The van der Waals surface area contributed by atoms with Gasteiger partial charge in [0.25, 0.3) is 0 Å². The number of aliphatic hydroxyl groups excluding tert-OH is 1. The normalized spacial score (nSPS) is 11.7. The zero-order valence-corrected chi connectivity index (χ0v) is 11.1. The minimum atomic E-state index is -0.421. The van der Waals surface area contributed by atoms with Gasteiger partial charge in [-0.15, -0.1) is 0 Å². The van der Waals surface area contributed by atoms with Crippen LogP contribution in [0.25, 0.3) is 0 Å². The van der Waals surface area contributed by atoms with Gasteiger partial charge in [0.1, 0.15) is 5.82 Å². The number of aliphatic hydroxyl groups is 1. The molecular formula is C15H16N2O3. The first-order valence-electron chi connectivity index (χ1n) is 6.21. The number of methoxy groups -OCH3 is 1. The number of nitrogens with one attached hydrogen (secondary N) is 1. The molecule has 0 spiro atoms. The van der Waals surface area contributed by atoms with E-state index in [1.165, 1.54) is 13.3 Å². The molecule has 1 aromatic carbocycles. The molecule has 104 valence electrons. The molecule has 0 bridgehead atoms. The summed E-state index contributed by atoms with van der Waals surface area (Å²) in [7, 11) is 1.33. The van der Waals surface area contributed by atoms with Gasteiger partial charge in [-0.2, -0.15) is 0 Å². The number of rotatable bonds is 5. The quantitative estimate of drug-likeness (QED) is 0.815. The predicted octanol–water partition coefficient (Wildman–Crippen LogP) is 2.01. The fourth-order valence-electron chi connectivity index (χ4n) is 1.85. The van der Waals surface area contributed by atoms with Gasteiger partial charge in [-0.1, -0.05) is 30.3 Å². The summed E-state index contributed by atoms with van der Waals surface area (Å²) in [6.07, 6.45) is 1.52. The van der Waals surface area contributed by atoms with E-state index in [0.29, 0.717) is 11.4 Å². The van der Waals surface area contributed by atoms with Gasteiger partial charge in [-0.05, 0) is 17.7 Å². The van der Waals surface area contributed by atoms with Gasteiger partial charge in [-0.25, -0.2) is 9.78 Å². The van der Waals surface area contributed by atoms with Crippen molar-refractivity contribution in [3.8, 4) is 0 Å². The molecule has 2 aromatic rings. The van der Waals surface area contributed by atoms with Crippen molar-refractivity contribution in [1.29, 1.82) is 0 Å². The lowest BCUT2D eigenvalue weighted by molar-refractivity contribution is 0.0600. The molecule has 1 atom stereocenters. The largest absolute Gasteiger partial charge is 0.465 e. The SMILES string of the molecule is COC(=O)c1ccnc(NC(CO)c2ccccc2)c1. The third-order valence-corrected chi connectivity index (χ3v) is 2.89. The second-order valence-electron chi connectivity index (χ2n) is 4.21. The summed E-state index contributed by atoms with van der Waals surface area (Å²) in [6.45, 7) is -0.0753. The van der Waals surface area contributed by atoms with Crippen LogP contribution in [0.5, 0.6) is 0 Å². The molecule has 5 heteroatoms. The number of nitrogens with zero attached hydrogens (tertiary/aromatic N) is 1. The van der Waals surface area contributed by atoms with Gasteiger partial charge in [0.05, 0.1) is 25.3 Å². The van der Waals surface area contributed by atoms with E-state index in [1.807, 2.05) is 30.3 Å². The Bertz CT molecular complexity index is 572. The Labute approximate surface area is 117 Å². The Kier molecular flexibility index (Phi) is 4.68. The minimum absolute atomic E-state index is 0.0753. The Morgan fingerprint density at radius 3 is 2.75 bits per heavy atom. The standard InChI is InChI=1S/C15H16N2O3/c1-20-15(19)12-7-8-16-14(9-12)17-13(10-18)11-5-3-2-4-6-11/h2-9,13,18H,10H2,1H3,(H,16,17). The van der Waals surface area contributed by atoms with Crippen LogP contribution in [0.15, 0.2) is 48.7 Å². The molecular weight excluding hydrogens is 256 g/mol. The van der Waals surface area contributed by atoms with Crippen molar-refractivity contribution < 1.29 is 14.6 Å². The van der Waals surface area contributed by atoms with Gasteiger partial charge >= 0.3 is 5.97 Å². The van der Waals surface area contributed by atoms with Gasteiger partial charge in [0.2, 0.25) is 0 Å². The van der Waals surface area contributed by atoms with Gasteiger partial charge in [0, 0.05) is 6.20 Å². The molecule has 0 fully saturated rings. The Morgan fingerprint density at radius 2 is 2.10 bits per heavy atom. The number of pyridine rings is 1. The van der Waals surface area contributed by atoms with Crippen molar-refractivity contribution in [3.05, 3.63) is 59.8 Å². The number of benzene rings is 1.